The third-order valence-electron chi connectivity index (χ3n) is 3.82. The molecule has 0 unspecified atom stereocenters. The van der Waals surface area contributed by atoms with Gasteiger partial charge in [-0.1, -0.05) is 18.6 Å². The average Bonchev–Trinajstić information content (AvgIpc) is 2.96. The summed E-state index contributed by atoms with van der Waals surface area (Å²) in [6.07, 6.45) is 5.27. The number of anilines is 2. The fraction of sp³-hybridized carbons (Fsp3) is 0.375. The van der Waals surface area contributed by atoms with E-state index >= 15 is 0 Å². The van der Waals surface area contributed by atoms with Gasteiger partial charge in [0.25, 0.3) is 0 Å². The van der Waals surface area contributed by atoms with Crippen molar-refractivity contribution in [3.05, 3.63) is 40.5 Å². The molecule has 5 nitrogen and oxygen atoms in total. The number of hydrogen-bond donors (Lipinski definition) is 2. The summed E-state index contributed by atoms with van der Waals surface area (Å²) < 4.78 is 14.2. The standard InChI is InChI=1S/C16H20FN5S/c17-14-8-12(9-19-21-16-20-15(18)11-23-16)4-5-13(14)10-22-6-2-1-3-7-22/h4-5,8-9,11H,1-3,6-7,10,18H2,(H,20,21). The van der Waals surface area contributed by atoms with Gasteiger partial charge >= 0.3 is 0 Å². The van der Waals surface area contributed by atoms with E-state index in [2.05, 4.69) is 20.4 Å². The molecule has 1 saturated heterocycles. The van der Waals surface area contributed by atoms with Gasteiger partial charge in [0.1, 0.15) is 11.6 Å². The summed E-state index contributed by atoms with van der Waals surface area (Å²) in [6.45, 7) is 2.80. The van der Waals surface area contributed by atoms with E-state index in [1.165, 1.54) is 36.7 Å². The third kappa shape index (κ3) is 4.49. The number of nitrogens with one attached hydrogen (secondary N) is 1. The summed E-state index contributed by atoms with van der Waals surface area (Å²) in [5.41, 5.74) is 9.76. The van der Waals surface area contributed by atoms with Crippen molar-refractivity contribution in [2.45, 2.75) is 25.8 Å². The molecule has 0 amide bonds. The van der Waals surface area contributed by atoms with E-state index in [1.54, 1.807) is 11.6 Å². The largest absolute Gasteiger partial charge is 0.383 e. The Bertz CT molecular complexity index is 679. The third-order valence-corrected chi connectivity index (χ3v) is 4.58. The van der Waals surface area contributed by atoms with E-state index in [0.29, 0.717) is 23.1 Å². The normalized spacial score (nSPS) is 16.0. The molecule has 0 spiro atoms. The maximum Gasteiger partial charge on any atom is 0.205 e. The first-order valence-corrected chi connectivity index (χ1v) is 8.59. The molecule has 2 heterocycles. The monoisotopic (exact) mass is 333 g/mol. The van der Waals surface area contributed by atoms with Gasteiger partial charge in [0, 0.05) is 17.5 Å². The molecule has 122 valence electrons. The average molecular weight is 333 g/mol. The number of benzene rings is 1. The molecule has 1 aromatic carbocycles. The van der Waals surface area contributed by atoms with Crippen LogP contribution in [0, 0.1) is 5.82 Å². The number of hydrazone groups is 1. The summed E-state index contributed by atoms with van der Waals surface area (Å²) in [5, 5.41) is 6.39. The molecule has 0 radical (unpaired) electrons. The second-order valence-electron chi connectivity index (χ2n) is 5.64. The van der Waals surface area contributed by atoms with E-state index in [-0.39, 0.29) is 5.82 Å². The number of hydrogen-bond acceptors (Lipinski definition) is 6. The van der Waals surface area contributed by atoms with Crippen molar-refractivity contribution in [2.24, 2.45) is 5.10 Å². The number of piperidine rings is 1. The summed E-state index contributed by atoms with van der Waals surface area (Å²) in [4.78, 5) is 6.34. The Hall–Kier alpha value is -1.99. The summed E-state index contributed by atoms with van der Waals surface area (Å²) in [5.74, 6) is 0.277. The zero-order valence-corrected chi connectivity index (χ0v) is 13.7. The smallest absolute Gasteiger partial charge is 0.205 e. The molecule has 0 atom stereocenters. The van der Waals surface area contributed by atoms with E-state index in [9.17, 15) is 4.39 Å². The van der Waals surface area contributed by atoms with E-state index in [0.717, 1.165) is 18.7 Å². The Kier molecular flexibility index (Phi) is 5.19. The van der Waals surface area contributed by atoms with Gasteiger partial charge in [0.05, 0.1) is 6.21 Å². The maximum atomic E-state index is 14.2. The molecular weight excluding hydrogens is 313 g/mol. The van der Waals surface area contributed by atoms with Gasteiger partial charge in [-0.25, -0.2) is 9.37 Å². The van der Waals surface area contributed by atoms with Crippen LogP contribution in [-0.2, 0) is 6.54 Å². The summed E-state index contributed by atoms with van der Waals surface area (Å²) in [6, 6.07) is 5.23. The minimum absolute atomic E-state index is 0.182. The van der Waals surface area contributed by atoms with Crippen LogP contribution < -0.4 is 11.2 Å². The van der Waals surface area contributed by atoms with E-state index in [4.69, 9.17) is 5.73 Å². The highest BCUT2D eigenvalue weighted by Gasteiger charge is 2.12. The lowest BCUT2D eigenvalue weighted by Gasteiger charge is -2.26. The fourth-order valence-electron chi connectivity index (χ4n) is 2.63. The topological polar surface area (TPSA) is 66.5 Å². The summed E-state index contributed by atoms with van der Waals surface area (Å²) >= 11 is 1.37. The van der Waals surface area contributed by atoms with Gasteiger partial charge in [-0.3, -0.25) is 10.3 Å². The van der Waals surface area contributed by atoms with Crippen molar-refractivity contribution in [3.63, 3.8) is 0 Å². The number of nitrogens with zero attached hydrogens (tertiary/aromatic N) is 3. The maximum absolute atomic E-state index is 14.2. The van der Waals surface area contributed by atoms with Crippen molar-refractivity contribution in [2.75, 3.05) is 24.2 Å². The molecule has 2 aromatic rings. The fourth-order valence-corrected chi connectivity index (χ4v) is 3.18. The number of halogens is 1. The quantitative estimate of drug-likeness (QED) is 0.651. The van der Waals surface area contributed by atoms with Crippen molar-refractivity contribution in [3.8, 4) is 0 Å². The van der Waals surface area contributed by atoms with Gasteiger partial charge in [-0.05, 0) is 37.6 Å². The second kappa shape index (κ2) is 7.52. The molecule has 0 bridgehead atoms. The van der Waals surface area contributed by atoms with Crippen LogP contribution in [0.15, 0.2) is 28.7 Å². The second-order valence-corrected chi connectivity index (χ2v) is 6.49. The SMILES string of the molecule is Nc1csc(NN=Cc2ccc(CN3CCCCC3)c(F)c2)n1. The lowest BCUT2D eigenvalue weighted by atomic mass is 10.1. The van der Waals surface area contributed by atoms with E-state index < -0.39 is 0 Å². The molecule has 0 saturated carbocycles. The molecule has 3 rings (SSSR count). The predicted octanol–water partition coefficient (Wildman–Crippen LogP) is 3.30. The van der Waals surface area contributed by atoms with Gasteiger partial charge in [0.15, 0.2) is 0 Å². The zero-order valence-electron chi connectivity index (χ0n) is 12.8. The van der Waals surface area contributed by atoms with Crippen molar-refractivity contribution in [1.29, 1.82) is 0 Å². The zero-order chi connectivity index (χ0) is 16.1. The number of thiazole rings is 1. The van der Waals surface area contributed by atoms with Crippen LogP contribution >= 0.6 is 11.3 Å². The highest BCUT2D eigenvalue weighted by Crippen LogP contribution is 2.17. The number of rotatable bonds is 5. The van der Waals surface area contributed by atoms with Crippen LogP contribution in [-0.4, -0.2) is 29.2 Å². The highest BCUT2D eigenvalue weighted by atomic mass is 32.1. The number of aromatic nitrogens is 1. The number of nitrogens with two attached hydrogens (primary N) is 1. The number of likely N-dealkylation sites (tertiary alicyclic amines) is 1. The summed E-state index contributed by atoms with van der Waals surface area (Å²) in [7, 11) is 0. The lowest BCUT2D eigenvalue weighted by molar-refractivity contribution is 0.218. The Balaban J connectivity index is 1.59. The van der Waals surface area contributed by atoms with Crippen LogP contribution in [0.25, 0.3) is 0 Å². The van der Waals surface area contributed by atoms with Crippen LogP contribution in [0.3, 0.4) is 0 Å². The molecular formula is C16H20FN5S. The molecule has 1 aliphatic heterocycles. The van der Waals surface area contributed by atoms with Crippen LogP contribution in [0.2, 0.25) is 0 Å². The Morgan fingerprint density at radius 1 is 1.35 bits per heavy atom. The Morgan fingerprint density at radius 2 is 2.17 bits per heavy atom. The molecule has 7 heteroatoms. The first-order valence-electron chi connectivity index (χ1n) is 7.71. The lowest BCUT2D eigenvalue weighted by Crippen LogP contribution is -2.29. The van der Waals surface area contributed by atoms with Crippen LogP contribution in [0.4, 0.5) is 15.3 Å². The van der Waals surface area contributed by atoms with Crippen molar-refractivity contribution < 1.29 is 4.39 Å². The molecule has 0 aliphatic carbocycles. The van der Waals surface area contributed by atoms with Crippen LogP contribution in [0.5, 0.6) is 0 Å². The minimum atomic E-state index is -0.182. The highest BCUT2D eigenvalue weighted by molar-refractivity contribution is 7.14. The Labute approximate surface area is 139 Å². The first-order chi connectivity index (χ1) is 11.2. The minimum Gasteiger partial charge on any atom is -0.383 e. The predicted molar refractivity (Wildman–Crippen MR) is 93.3 cm³/mol. The molecule has 23 heavy (non-hydrogen) atoms. The van der Waals surface area contributed by atoms with Crippen molar-refractivity contribution in [1.82, 2.24) is 9.88 Å². The van der Waals surface area contributed by atoms with Gasteiger partial charge < -0.3 is 5.73 Å². The van der Waals surface area contributed by atoms with Gasteiger partial charge in [-0.15, -0.1) is 11.3 Å². The van der Waals surface area contributed by atoms with Crippen molar-refractivity contribution >= 4 is 28.5 Å². The molecule has 1 fully saturated rings. The molecule has 1 aromatic heterocycles. The molecule has 1 aliphatic rings. The first kappa shape index (κ1) is 15.9. The molecule has 3 N–H and O–H groups in total. The van der Waals surface area contributed by atoms with Crippen LogP contribution in [0.1, 0.15) is 30.4 Å². The van der Waals surface area contributed by atoms with Gasteiger partial charge in [0.2, 0.25) is 5.13 Å². The Morgan fingerprint density at radius 3 is 2.87 bits per heavy atom. The number of nitrogen functional groups attached to an aromatic ring is 1. The van der Waals surface area contributed by atoms with E-state index in [1.807, 2.05) is 12.1 Å². The van der Waals surface area contributed by atoms with Gasteiger partial charge in [-0.2, -0.15) is 5.10 Å².